The van der Waals surface area contributed by atoms with Crippen LogP contribution >= 0.6 is 0 Å². The number of ether oxygens (including phenoxy) is 1. The van der Waals surface area contributed by atoms with Crippen molar-refractivity contribution in [1.82, 2.24) is 0 Å². The van der Waals surface area contributed by atoms with E-state index in [0.717, 1.165) is 29.8 Å². The van der Waals surface area contributed by atoms with Gasteiger partial charge in [-0.25, -0.2) is 4.79 Å². The van der Waals surface area contributed by atoms with Gasteiger partial charge in [-0.2, -0.15) is 0 Å². The molecule has 134 valence electrons. The molecular formula is C21H21NO4. The fourth-order valence-electron chi connectivity index (χ4n) is 4.05. The van der Waals surface area contributed by atoms with E-state index in [2.05, 4.69) is 5.32 Å². The molecule has 26 heavy (non-hydrogen) atoms. The first kappa shape index (κ1) is 16.6. The second-order valence-corrected chi connectivity index (χ2v) is 7.23. The fraction of sp³-hybridized carbons (Fsp3) is 0.333. The van der Waals surface area contributed by atoms with Crippen molar-refractivity contribution in [3.8, 4) is 5.75 Å². The van der Waals surface area contributed by atoms with Gasteiger partial charge in [0, 0.05) is 5.69 Å². The maximum atomic E-state index is 12.7. The van der Waals surface area contributed by atoms with Crippen molar-refractivity contribution in [2.45, 2.75) is 44.1 Å². The summed E-state index contributed by atoms with van der Waals surface area (Å²) in [5.41, 5.74) is 2.33. The Hall–Kier alpha value is -2.82. The number of benzene rings is 2. The van der Waals surface area contributed by atoms with E-state index < -0.39 is 11.4 Å². The minimum absolute atomic E-state index is 0.0242. The summed E-state index contributed by atoms with van der Waals surface area (Å²) >= 11 is 0. The first-order valence-corrected chi connectivity index (χ1v) is 8.90. The van der Waals surface area contributed by atoms with Crippen molar-refractivity contribution in [3.63, 3.8) is 0 Å². The minimum Gasteiger partial charge on any atom is -0.490 e. The van der Waals surface area contributed by atoms with Gasteiger partial charge >= 0.3 is 5.97 Å². The van der Waals surface area contributed by atoms with Crippen LogP contribution < -0.4 is 10.1 Å². The fourth-order valence-corrected chi connectivity index (χ4v) is 4.05. The van der Waals surface area contributed by atoms with Gasteiger partial charge in [0.2, 0.25) is 5.91 Å². The summed E-state index contributed by atoms with van der Waals surface area (Å²) in [6.45, 7) is 2.04. The normalized spacial score (nSPS) is 24.2. The maximum Gasteiger partial charge on any atom is 0.335 e. The van der Waals surface area contributed by atoms with Gasteiger partial charge in [0.25, 0.3) is 0 Å². The molecule has 2 aromatic carbocycles. The highest BCUT2D eigenvalue weighted by molar-refractivity contribution is 6.07. The average molecular weight is 351 g/mol. The number of aromatic carboxylic acids is 1. The van der Waals surface area contributed by atoms with Crippen LogP contribution in [0.15, 0.2) is 42.5 Å². The smallest absolute Gasteiger partial charge is 0.335 e. The number of carbonyl (C=O) groups excluding carboxylic acids is 1. The summed E-state index contributed by atoms with van der Waals surface area (Å²) in [7, 11) is 0. The van der Waals surface area contributed by atoms with Crippen LogP contribution in [0, 0.1) is 6.92 Å². The van der Waals surface area contributed by atoms with Gasteiger partial charge in [0.15, 0.2) is 0 Å². The molecular weight excluding hydrogens is 330 g/mol. The van der Waals surface area contributed by atoms with Gasteiger partial charge in [0.1, 0.15) is 5.75 Å². The van der Waals surface area contributed by atoms with Crippen molar-refractivity contribution in [3.05, 3.63) is 59.2 Å². The monoisotopic (exact) mass is 351 g/mol. The molecule has 4 rings (SSSR count). The number of amides is 1. The summed E-state index contributed by atoms with van der Waals surface area (Å²) in [5.74, 6) is -0.150. The van der Waals surface area contributed by atoms with E-state index >= 15 is 0 Å². The Morgan fingerprint density at radius 2 is 1.85 bits per heavy atom. The van der Waals surface area contributed by atoms with Gasteiger partial charge < -0.3 is 15.2 Å². The van der Waals surface area contributed by atoms with E-state index in [0.29, 0.717) is 12.8 Å². The van der Waals surface area contributed by atoms with E-state index in [1.54, 1.807) is 12.1 Å². The first-order valence-electron chi connectivity index (χ1n) is 8.90. The number of carboxylic acids is 1. The van der Waals surface area contributed by atoms with Gasteiger partial charge in [-0.15, -0.1) is 0 Å². The number of hydrogen-bond acceptors (Lipinski definition) is 3. The third-order valence-electron chi connectivity index (χ3n) is 5.57. The number of anilines is 1. The lowest BCUT2D eigenvalue weighted by atomic mass is 9.69. The molecule has 0 saturated heterocycles. The minimum atomic E-state index is -0.973. The van der Waals surface area contributed by atoms with Crippen LogP contribution in [0.3, 0.4) is 0 Å². The molecule has 2 N–H and O–H groups in total. The third-order valence-corrected chi connectivity index (χ3v) is 5.57. The Morgan fingerprint density at radius 1 is 1.15 bits per heavy atom. The summed E-state index contributed by atoms with van der Waals surface area (Å²) in [6, 6.07) is 12.9. The Labute approximate surface area is 152 Å². The molecule has 5 nitrogen and oxygen atoms in total. The van der Waals surface area contributed by atoms with Crippen molar-refractivity contribution in [2.24, 2.45) is 0 Å². The Morgan fingerprint density at radius 3 is 2.50 bits per heavy atom. The molecule has 0 atom stereocenters. The highest BCUT2D eigenvalue weighted by Crippen LogP contribution is 2.48. The zero-order valence-electron chi connectivity index (χ0n) is 14.6. The van der Waals surface area contributed by atoms with Crippen LogP contribution in [0.5, 0.6) is 5.75 Å². The molecule has 1 spiro atoms. The third kappa shape index (κ3) is 2.73. The van der Waals surface area contributed by atoms with Crippen LogP contribution in [0.25, 0.3) is 0 Å². The summed E-state index contributed by atoms with van der Waals surface area (Å²) in [5, 5.41) is 12.2. The predicted octanol–water partition coefficient (Wildman–Crippen LogP) is 3.90. The molecule has 0 radical (unpaired) electrons. The topological polar surface area (TPSA) is 75.6 Å². The highest BCUT2D eigenvalue weighted by atomic mass is 16.5. The zero-order chi connectivity index (χ0) is 18.3. The highest BCUT2D eigenvalue weighted by Gasteiger charge is 2.49. The second kappa shape index (κ2) is 6.16. The zero-order valence-corrected chi connectivity index (χ0v) is 14.6. The SMILES string of the molecule is Cc1ccc(O[C@H]2CC[C@@]3(CC2)C(=O)Nc2ccc(C(=O)O)cc23)cc1. The molecule has 1 aliphatic heterocycles. The van der Waals surface area contributed by atoms with Crippen molar-refractivity contribution in [2.75, 3.05) is 5.32 Å². The van der Waals surface area contributed by atoms with Gasteiger partial charge in [-0.3, -0.25) is 4.79 Å². The molecule has 5 heteroatoms. The number of aryl methyl sites for hydroxylation is 1. The van der Waals surface area contributed by atoms with E-state index in [-0.39, 0.29) is 17.6 Å². The molecule has 1 heterocycles. The van der Waals surface area contributed by atoms with E-state index in [1.807, 2.05) is 31.2 Å². The molecule has 1 saturated carbocycles. The molecule has 2 aliphatic rings. The lowest BCUT2D eigenvalue weighted by Crippen LogP contribution is -2.40. The van der Waals surface area contributed by atoms with Gasteiger partial charge in [-0.05, 0) is 68.5 Å². The van der Waals surface area contributed by atoms with E-state index in [9.17, 15) is 14.7 Å². The quantitative estimate of drug-likeness (QED) is 0.879. The molecule has 1 aliphatic carbocycles. The second-order valence-electron chi connectivity index (χ2n) is 7.23. The van der Waals surface area contributed by atoms with Crippen LogP contribution in [0.1, 0.15) is 47.2 Å². The van der Waals surface area contributed by atoms with Crippen LogP contribution in [0.4, 0.5) is 5.69 Å². The molecule has 0 unspecified atom stereocenters. The Kier molecular flexibility index (Phi) is 3.94. The molecule has 0 bridgehead atoms. The largest absolute Gasteiger partial charge is 0.490 e. The average Bonchev–Trinajstić information content (AvgIpc) is 2.90. The Balaban J connectivity index is 1.53. The van der Waals surface area contributed by atoms with Crippen molar-refractivity contribution >= 4 is 17.6 Å². The molecule has 1 amide bonds. The van der Waals surface area contributed by atoms with E-state index in [1.165, 1.54) is 11.6 Å². The number of rotatable bonds is 3. The summed E-state index contributed by atoms with van der Waals surface area (Å²) in [4.78, 5) is 24.0. The standard InChI is InChI=1S/C21H21NO4/c1-13-2-5-15(6-3-13)26-16-8-10-21(11-9-16)17-12-14(19(23)24)4-7-18(17)22-20(21)25/h2-7,12,16H,8-11H2,1H3,(H,22,25)(H,23,24)/t16-,21-. The summed E-state index contributed by atoms with van der Waals surface area (Å²) < 4.78 is 6.07. The number of nitrogens with one attached hydrogen (secondary N) is 1. The molecule has 2 aromatic rings. The van der Waals surface area contributed by atoms with Gasteiger partial charge in [0.05, 0.1) is 17.1 Å². The van der Waals surface area contributed by atoms with Crippen molar-refractivity contribution < 1.29 is 19.4 Å². The Bertz CT molecular complexity index is 864. The maximum absolute atomic E-state index is 12.7. The van der Waals surface area contributed by atoms with E-state index in [4.69, 9.17) is 4.74 Å². The van der Waals surface area contributed by atoms with Crippen LogP contribution in [0.2, 0.25) is 0 Å². The van der Waals surface area contributed by atoms with Crippen LogP contribution in [-0.2, 0) is 10.2 Å². The lowest BCUT2D eigenvalue weighted by molar-refractivity contribution is -0.122. The molecule has 0 aromatic heterocycles. The number of fused-ring (bicyclic) bond motifs is 2. The number of carboxylic acid groups (broad SMARTS) is 1. The number of carbonyl (C=O) groups is 2. The van der Waals surface area contributed by atoms with Crippen molar-refractivity contribution in [1.29, 1.82) is 0 Å². The first-order chi connectivity index (χ1) is 12.5. The lowest BCUT2D eigenvalue weighted by Gasteiger charge is -2.35. The predicted molar refractivity (Wildman–Crippen MR) is 97.8 cm³/mol. The number of hydrogen-bond donors (Lipinski definition) is 2. The summed E-state index contributed by atoms with van der Waals surface area (Å²) in [6.07, 6.45) is 2.91. The van der Waals surface area contributed by atoms with Crippen LogP contribution in [-0.4, -0.2) is 23.1 Å². The van der Waals surface area contributed by atoms with Gasteiger partial charge in [-0.1, -0.05) is 17.7 Å². The molecule has 1 fully saturated rings.